The fourth-order valence-corrected chi connectivity index (χ4v) is 5.55. The van der Waals surface area contributed by atoms with E-state index in [1.807, 2.05) is 16.2 Å². The van der Waals surface area contributed by atoms with Gasteiger partial charge in [-0.15, -0.1) is 0 Å². The largest absolute Gasteiger partial charge is 0.481 e. The summed E-state index contributed by atoms with van der Waals surface area (Å²) in [4.78, 5) is 22.7. The lowest BCUT2D eigenvalue weighted by atomic mass is 10.2. The molecule has 2 heterocycles. The van der Waals surface area contributed by atoms with E-state index in [9.17, 15) is 9.59 Å². The van der Waals surface area contributed by atoms with Crippen molar-refractivity contribution in [2.45, 2.75) is 12.8 Å². The van der Waals surface area contributed by atoms with Gasteiger partial charge in [0.05, 0.1) is 19.8 Å². The maximum absolute atomic E-state index is 11.7. The smallest absolute Gasteiger partial charge is 0.303 e. The van der Waals surface area contributed by atoms with Crippen molar-refractivity contribution in [2.75, 3.05) is 0 Å². The number of hydrogen-bond acceptors (Lipinski definition) is 6. The van der Waals surface area contributed by atoms with E-state index in [1.54, 1.807) is 35.3 Å². The van der Waals surface area contributed by atoms with E-state index in [-0.39, 0.29) is 18.6 Å². The van der Waals surface area contributed by atoms with E-state index in [1.165, 1.54) is 16.0 Å². The van der Waals surface area contributed by atoms with Gasteiger partial charge in [0.1, 0.15) is 0 Å². The zero-order valence-corrected chi connectivity index (χ0v) is 11.8. The predicted molar refractivity (Wildman–Crippen MR) is 76.5 cm³/mol. The molecule has 0 spiro atoms. The summed E-state index contributed by atoms with van der Waals surface area (Å²) in [7, 11) is 0. The second-order valence-corrected chi connectivity index (χ2v) is 7.38. The summed E-state index contributed by atoms with van der Waals surface area (Å²) in [6.45, 7) is 0. The second kappa shape index (κ2) is 6.08. The molecule has 0 saturated carbocycles. The zero-order valence-electron chi connectivity index (χ0n) is 8.54. The van der Waals surface area contributed by atoms with Crippen molar-refractivity contribution in [3.63, 3.8) is 0 Å². The van der Waals surface area contributed by atoms with Crippen LogP contribution in [0.1, 0.15) is 12.8 Å². The number of carboxylic acids is 1. The van der Waals surface area contributed by atoms with Gasteiger partial charge < -0.3 is 5.11 Å². The monoisotopic (exact) mass is 304 g/mol. The van der Waals surface area contributed by atoms with Crippen LogP contribution in [0.4, 0.5) is 0 Å². The number of allylic oxidation sites excluding steroid dienone is 1. The van der Waals surface area contributed by atoms with Crippen LogP contribution in [0.25, 0.3) is 0 Å². The lowest BCUT2D eigenvalue weighted by molar-refractivity contribution is -0.138. The molecule has 1 N–H and O–H groups in total. The first kappa shape index (κ1) is 13.2. The van der Waals surface area contributed by atoms with Crippen LogP contribution in [-0.4, -0.2) is 16.9 Å². The molecule has 0 amide bonds. The Morgan fingerprint density at radius 1 is 1.06 bits per heavy atom. The Morgan fingerprint density at radius 2 is 1.76 bits per heavy atom. The maximum atomic E-state index is 11.7. The van der Waals surface area contributed by atoms with E-state index >= 15 is 0 Å². The van der Waals surface area contributed by atoms with Gasteiger partial charge in [-0.25, -0.2) is 0 Å². The molecule has 3 nitrogen and oxygen atoms in total. The summed E-state index contributed by atoms with van der Waals surface area (Å²) in [5.41, 5.74) is 0. The van der Waals surface area contributed by atoms with Crippen LogP contribution in [0.2, 0.25) is 0 Å². The minimum atomic E-state index is -0.931. The molecule has 7 heteroatoms. The van der Waals surface area contributed by atoms with Crippen molar-refractivity contribution < 1.29 is 14.7 Å². The fourth-order valence-electron chi connectivity index (χ4n) is 1.11. The molecule has 0 aromatic rings. The minimum Gasteiger partial charge on any atom is -0.481 e. The first-order chi connectivity index (χ1) is 8.16. The molecule has 0 atom stereocenters. The van der Waals surface area contributed by atoms with Gasteiger partial charge in [-0.05, 0) is 16.2 Å². The SMILES string of the molecule is O=C(O)CCC(=O)C1=CSC(=C2SC=CS2)S1. The number of carbonyl (C=O) groups excluding carboxylic acids is 1. The first-order valence-corrected chi connectivity index (χ1v) is 8.14. The van der Waals surface area contributed by atoms with Crippen molar-refractivity contribution in [1.82, 2.24) is 0 Å². The number of carbonyl (C=O) groups is 2. The Balaban J connectivity index is 1.91. The van der Waals surface area contributed by atoms with Gasteiger partial charge in [0, 0.05) is 6.42 Å². The lowest BCUT2D eigenvalue weighted by Crippen LogP contribution is -2.03. The van der Waals surface area contributed by atoms with E-state index < -0.39 is 5.97 Å². The molecule has 0 aliphatic carbocycles. The number of rotatable bonds is 4. The number of ketones is 1. The zero-order chi connectivity index (χ0) is 12.3. The number of Topliss-reactive ketones (excluding diaryl/α,β-unsaturated/α-hetero) is 1. The molecule has 0 bridgehead atoms. The van der Waals surface area contributed by atoms with Gasteiger partial charge in [-0.3, -0.25) is 9.59 Å². The number of thioether (sulfide) groups is 4. The Hall–Kier alpha value is -0.240. The molecule has 0 unspecified atom stereocenters. The van der Waals surface area contributed by atoms with Crippen LogP contribution >= 0.6 is 47.0 Å². The van der Waals surface area contributed by atoms with Crippen molar-refractivity contribution in [2.24, 2.45) is 0 Å². The highest BCUT2D eigenvalue weighted by atomic mass is 32.2. The molecule has 2 aliphatic rings. The van der Waals surface area contributed by atoms with E-state index in [0.29, 0.717) is 4.91 Å². The van der Waals surface area contributed by atoms with Crippen LogP contribution in [0.5, 0.6) is 0 Å². The van der Waals surface area contributed by atoms with Gasteiger partial charge in [0.25, 0.3) is 0 Å². The standard InChI is InChI=1S/C10H8O3S4/c11-6(1-2-8(12)13)7-5-16-10(17-7)9-14-3-4-15-9/h3-5H,1-2H2,(H,12,13). The van der Waals surface area contributed by atoms with Crippen molar-refractivity contribution in [3.05, 3.63) is 29.6 Å². The molecule has 90 valence electrons. The highest BCUT2D eigenvalue weighted by Gasteiger charge is 2.23. The van der Waals surface area contributed by atoms with Crippen LogP contribution in [0, 0.1) is 0 Å². The second-order valence-electron chi connectivity index (χ2n) is 3.10. The molecule has 2 rings (SSSR count). The third kappa shape index (κ3) is 3.61. The Morgan fingerprint density at radius 3 is 2.41 bits per heavy atom. The van der Waals surface area contributed by atoms with E-state index in [0.717, 1.165) is 4.24 Å². The molecule has 17 heavy (non-hydrogen) atoms. The normalized spacial score (nSPS) is 18.7. The van der Waals surface area contributed by atoms with E-state index in [4.69, 9.17) is 5.11 Å². The van der Waals surface area contributed by atoms with Gasteiger partial charge in [-0.1, -0.05) is 47.0 Å². The van der Waals surface area contributed by atoms with Gasteiger partial charge in [-0.2, -0.15) is 0 Å². The third-order valence-electron chi connectivity index (χ3n) is 1.89. The number of hydrogen-bond donors (Lipinski definition) is 1. The number of aliphatic carboxylic acids is 1. The molecular formula is C10H8O3S4. The van der Waals surface area contributed by atoms with E-state index in [2.05, 4.69) is 0 Å². The van der Waals surface area contributed by atoms with Crippen LogP contribution in [-0.2, 0) is 9.59 Å². The summed E-state index contributed by atoms with van der Waals surface area (Å²) in [5, 5.41) is 14.4. The highest BCUT2D eigenvalue weighted by molar-refractivity contribution is 8.33. The Labute approximate surface area is 116 Å². The average Bonchev–Trinajstić information content (AvgIpc) is 2.94. The minimum absolute atomic E-state index is 0.0792. The van der Waals surface area contributed by atoms with Gasteiger partial charge in [0.15, 0.2) is 5.78 Å². The van der Waals surface area contributed by atoms with Crippen molar-refractivity contribution in [1.29, 1.82) is 0 Å². The highest BCUT2D eigenvalue weighted by Crippen LogP contribution is 2.53. The maximum Gasteiger partial charge on any atom is 0.303 e. The first-order valence-electron chi connectivity index (χ1n) is 4.69. The average molecular weight is 304 g/mol. The summed E-state index contributed by atoms with van der Waals surface area (Å²) in [5.74, 6) is -1.01. The Kier molecular flexibility index (Phi) is 4.72. The molecule has 2 aliphatic heterocycles. The quantitative estimate of drug-likeness (QED) is 0.847. The summed E-state index contributed by atoms with van der Waals surface area (Å²) >= 11 is 6.29. The molecule has 0 saturated heterocycles. The Bertz CT molecular complexity index is 440. The summed E-state index contributed by atoms with van der Waals surface area (Å²) in [6.07, 6.45) is -0.0196. The van der Waals surface area contributed by atoms with Crippen LogP contribution in [0.3, 0.4) is 0 Å². The number of carboxylic acid groups (broad SMARTS) is 1. The fraction of sp³-hybridized carbons (Fsp3) is 0.200. The molecular weight excluding hydrogens is 296 g/mol. The van der Waals surface area contributed by atoms with Gasteiger partial charge >= 0.3 is 5.97 Å². The molecule has 0 radical (unpaired) electrons. The van der Waals surface area contributed by atoms with Crippen molar-refractivity contribution >= 4 is 58.8 Å². The third-order valence-corrected chi connectivity index (χ3v) is 6.95. The topological polar surface area (TPSA) is 54.4 Å². The lowest BCUT2D eigenvalue weighted by Gasteiger charge is -2.01. The van der Waals surface area contributed by atoms with Crippen molar-refractivity contribution in [3.8, 4) is 0 Å². The molecule has 0 aromatic carbocycles. The van der Waals surface area contributed by atoms with Gasteiger partial charge in [0.2, 0.25) is 0 Å². The molecule has 0 fully saturated rings. The summed E-state index contributed by atoms with van der Waals surface area (Å²) < 4.78 is 2.31. The molecule has 0 aromatic heterocycles. The predicted octanol–water partition coefficient (Wildman–Crippen LogP) is 3.82. The summed E-state index contributed by atoms with van der Waals surface area (Å²) in [6, 6.07) is 0. The van der Waals surface area contributed by atoms with Crippen LogP contribution < -0.4 is 0 Å². The van der Waals surface area contributed by atoms with Crippen LogP contribution in [0.15, 0.2) is 29.6 Å².